The van der Waals surface area contributed by atoms with Crippen LogP contribution in [0.3, 0.4) is 0 Å². The van der Waals surface area contributed by atoms with E-state index < -0.39 is 0 Å². The van der Waals surface area contributed by atoms with Gasteiger partial charge in [0, 0.05) is 80.7 Å². The normalized spacial score (nSPS) is 28.4. The van der Waals surface area contributed by atoms with Crippen molar-refractivity contribution >= 4 is 28.8 Å². The fourth-order valence-electron chi connectivity index (χ4n) is 6.75. The molecule has 0 spiro atoms. The monoisotopic (exact) mass is 519 g/mol. The average molecular weight is 520 g/mol. The highest BCUT2D eigenvalue weighted by Gasteiger charge is 2.47. The Morgan fingerprint density at radius 2 is 1.81 bits per heavy atom. The van der Waals surface area contributed by atoms with E-state index in [1.54, 1.807) is 5.57 Å². The first-order valence-electron chi connectivity index (χ1n) is 13.7. The standard InChI is InChI=1S/C30H38ClN5O/c1-30(20-36-19-27-28(36)17-33-27)11-10-26(21-2-6-24(31)7-3-21)23(16-30)18-34-12-14-35(15-13-34)25-8-4-22(5-9-25)29(32)37/h2-9,27-28,33H,10-20H2,1H3,(H2,32,37)/t27?,28-,30?/m0/s1. The number of anilines is 1. The number of primary amides is 1. The largest absolute Gasteiger partial charge is 0.369 e. The number of nitrogens with two attached hydrogens (primary N) is 1. The number of rotatable bonds is 7. The molecule has 3 aliphatic heterocycles. The zero-order valence-corrected chi connectivity index (χ0v) is 22.5. The van der Waals surface area contributed by atoms with Gasteiger partial charge in [0.05, 0.1) is 0 Å². The van der Waals surface area contributed by atoms with Crippen molar-refractivity contribution in [2.45, 2.75) is 38.3 Å². The summed E-state index contributed by atoms with van der Waals surface area (Å²) in [5, 5.41) is 4.35. The van der Waals surface area contributed by atoms with Crippen LogP contribution < -0.4 is 16.0 Å². The fourth-order valence-corrected chi connectivity index (χ4v) is 6.88. The number of likely N-dealkylation sites (tertiary alicyclic amines) is 1. The molecule has 3 fully saturated rings. The number of amides is 1. The Morgan fingerprint density at radius 3 is 2.41 bits per heavy atom. The smallest absolute Gasteiger partial charge is 0.248 e. The summed E-state index contributed by atoms with van der Waals surface area (Å²) in [7, 11) is 0. The lowest BCUT2D eigenvalue weighted by atomic mass is 9.70. The van der Waals surface area contributed by atoms with Crippen LogP contribution >= 0.6 is 11.6 Å². The van der Waals surface area contributed by atoms with Gasteiger partial charge in [-0.05, 0) is 72.2 Å². The zero-order valence-electron chi connectivity index (χ0n) is 21.8. The third-order valence-electron chi connectivity index (χ3n) is 9.08. The quantitative estimate of drug-likeness (QED) is 0.581. The van der Waals surface area contributed by atoms with Gasteiger partial charge in [0.15, 0.2) is 0 Å². The Hall–Kier alpha value is -2.38. The molecule has 6 rings (SSSR count). The van der Waals surface area contributed by atoms with Crippen molar-refractivity contribution in [1.82, 2.24) is 15.1 Å². The van der Waals surface area contributed by atoms with Gasteiger partial charge in [-0.3, -0.25) is 14.6 Å². The first-order valence-corrected chi connectivity index (χ1v) is 14.1. The lowest BCUT2D eigenvalue weighted by Gasteiger charge is -2.58. The van der Waals surface area contributed by atoms with Crippen molar-refractivity contribution in [1.29, 1.82) is 0 Å². The summed E-state index contributed by atoms with van der Waals surface area (Å²) in [6.07, 6.45) is 3.55. The molecule has 3 saturated heterocycles. The molecule has 3 N–H and O–H groups in total. The number of carbonyl (C=O) groups is 1. The highest BCUT2D eigenvalue weighted by Crippen LogP contribution is 2.45. The van der Waals surface area contributed by atoms with E-state index in [-0.39, 0.29) is 5.91 Å². The van der Waals surface area contributed by atoms with Gasteiger partial charge in [-0.25, -0.2) is 0 Å². The maximum atomic E-state index is 11.4. The van der Waals surface area contributed by atoms with Gasteiger partial charge in [-0.15, -0.1) is 0 Å². The van der Waals surface area contributed by atoms with Gasteiger partial charge < -0.3 is 16.0 Å². The second-order valence-electron chi connectivity index (χ2n) is 11.8. The topological polar surface area (TPSA) is 64.8 Å². The lowest BCUT2D eigenvalue weighted by Crippen LogP contribution is -2.78. The minimum absolute atomic E-state index is 0.329. The Bertz CT molecular complexity index is 1170. The van der Waals surface area contributed by atoms with Gasteiger partial charge in [0.25, 0.3) is 0 Å². The van der Waals surface area contributed by atoms with Crippen LogP contribution in [0.15, 0.2) is 54.1 Å². The van der Waals surface area contributed by atoms with Crippen LogP contribution in [-0.4, -0.2) is 80.1 Å². The molecule has 0 saturated carbocycles. The molecule has 2 aromatic rings. The Balaban J connectivity index is 1.15. The van der Waals surface area contributed by atoms with E-state index in [1.165, 1.54) is 37.1 Å². The number of fused-ring (bicyclic) bond motifs is 1. The SMILES string of the molecule is CC1(CN2CC3NC[C@@H]32)CCC(c2ccc(Cl)cc2)=C(CN2CCN(c3ccc(C(N)=O)cc3)CC2)C1. The van der Waals surface area contributed by atoms with Crippen molar-refractivity contribution in [2.75, 3.05) is 57.3 Å². The van der Waals surface area contributed by atoms with Crippen LogP contribution in [0.4, 0.5) is 5.69 Å². The first kappa shape index (κ1) is 24.9. The molecule has 2 aromatic carbocycles. The number of hydrogen-bond donors (Lipinski definition) is 2. The predicted molar refractivity (Wildman–Crippen MR) is 151 cm³/mol. The molecule has 3 atom stereocenters. The lowest BCUT2D eigenvalue weighted by molar-refractivity contribution is -0.0447. The Labute approximate surface area is 225 Å². The third-order valence-corrected chi connectivity index (χ3v) is 9.33. The molecule has 0 radical (unpaired) electrons. The molecular weight excluding hydrogens is 482 g/mol. The minimum atomic E-state index is -0.376. The number of benzene rings is 2. The highest BCUT2D eigenvalue weighted by atomic mass is 35.5. The summed E-state index contributed by atoms with van der Waals surface area (Å²) in [4.78, 5) is 19.2. The predicted octanol–water partition coefficient (Wildman–Crippen LogP) is 3.86. The third kappa shape index (κ3) is 5.17. The van der Waals surface area contributed by atoms with E-state index in [0.717, 1.165) is 68.5 Å². The van der Waals surface area contributed by atoms with Crippen LogP contribution in [0.25, 0.3) is 5.57 Å². The summed E-state index contributed by atoms with van der Waals surface area (Å²) in [5.41, 5.74) is 11.9. The average Bonchev–Trinajstić information content (AvgIpc) is 2.88. The van der Waals surface area contributed by atoms with Crippen molar-refractivity contribution in [3.63, 3.8) is 0 Å². The van der Waals surface area contributed by atoms with Gasteiger partial charge in [0.1, 0.15) is 0 Å². The number of piperazine rings is 2. The molecule has 7 heteroatoms. The van der Waals surface area contributed by atoms with E-state index in [2.05, 4.69) is 39.1 Å². The molecule has 3 heterocycles. The molecule has 1 amide bonds. The maximum Gasteiger partial charge on any atom is 0.248 e. The Morgan fingerprint density at radius 1 is 1.08 bits per heavy atom. The summed E-state index contributed by atoms with van der Waals surface area (Å²) in [5.74, 6) is -0.376. The van der Waals surface area contributed by atoms with E-state index >= 15 is 0 Å². The van der Waals surface area contributed by atoms with Gasteiger partial charge >= 0.3 is 0 Å². The molecule has 1 aliphatic carbocycles. The Kier molecular flexibility index (Phi) is 6.78. The second kappa shape index (κ2) is 10.1. The van der Waals surface area contributed by atoms with Crippen LogP contribution in [0.2, 0.25) is 5.02 Å². The zero-order chi connectivity index (χ0) is 25.6. The van der Waals surface area contributed by atoms with Gasteiger partial charge in [-0.2, -0.15) is 0 Å². The van der Waals surface area contributed by atoms with E-state index in [0.29, 0.717) is 11.0 Å². The van der Waals surface area contributed by atoms with Crippen molar-refractivity contribution in [3.8, 4) is 0 Å². The molecule has 0 bridgehead atoms. The number of allylic oxidation sites excluding steroid dienone is 1. The van der Waals surface area contributed by atoms with E-state index in [1.807, 2.05) is 36.4 Å². The molecule has 37 heavy (non-hydrogen) atoms. The summed E-state index contributed by atoms with van der Waals surface area (Å²) in [6, 6.07) is 17.7. The first-order chi connectivity index (χ1) is 17.9. The number of halogens is 1. The van der Waals surface area contributed by atoms with Crippen LogP contribution in [0.5, 0.6) is 0 Å². The molecule has 4 aliphatic rings. The highest BCUT2D eigenvalue weighted by molar-refractivity contribution is 6.30. The van der Waals surface area contributed by atoms with Crippen LogP contribution in [0.1, 0.15) is 42.1 Å². The summed E-state index contributed by atoms with van der Waals surface area (Å²) < 4.78 is 0. The van der Waals surface area contributed by atoms with E-state index in [4.69, 9.17) is 17.3 Å². The number of hydrogen-bond acceptors (Lipinski definition) is 5. The number of nitrogens with one attached hydrogen (secondary N) is 1. The fraction of sp³-hybridized carbons (Fsp3) is 0.500. The summed E-state index contributed by atoms with van der Waals surface area (Å²) in [6.45, 7) is 11.2. The van der Waals surface area contributed by atoms with Crippen molar-refractivity contribution in [3.05, 3.63) is 70.3 Å². The van der Waals surface area contributed by atoms with Gasteiger partial charge in [0.2, 0.25) is 5.91 Å². The molecule has 2 unspecified atom stereocenters. The summed E-state index contributed by atoms with van der Waals surface area (Å²) >= 11 is 6.22. The van der Waals surface area contributed by atoms with E-state index in [9.17, 15) is 4.79 Å². The second-order valence-corrected chi connectivity index (χ2v) is 12.2. The maximum absolute atomic E-state index is 11.4. The van der Waals surface area contributed by atoms with Crippen LogP contribution in [0, 0.1) is 5.41 Å². The van der Waals surface area contributed by atoms with Gasteiger partial charge in [-0.1, -0.05) is 36.2 Å². The minimum Gasteiger partial charge on any atom is -0.369 e. The molecule has 0 aromatic heterocycles. The number of carbonyl (C=O) groups excluding carboxylic acids is 1. The van der Waals surface area contributed by atoms with Crippen LogP contribution in [-0.2, 0) is 0 Å². The van der Waals surface area contributed by atoms with Crippen molar-refractivity contribution < 1.29 is 4.79 Å². The number of nitrogens with zero attached hydrogens (tertiary/aromatic N) is 3. The molecule has 196 valence electrons. The molecular formula is C30H38ClN5O. The van der Waals surface area contributed by atoms with Crippen molar-refractivity contribution in [2.24, 2.45) is 11.1 Å². The molecule has 6 nitrogen and oxygen atoms in total.